The Labute approximate surface area is 85.3 Å². The quantitative estimate of drug-likeness (QED) is 0.499. The van der Waals surface area contributed by atoms with E-state index in [1.165, 1.54) is 0 Å². The van der Waals surface area contributed by atoms with Gasteiger partial charge >= 0.3 is 0 Å². The first kappa shape index (κ1) is 11.5. The molecule has 82 valence electrons. The van der Waals surface area contributed by atoms with Crippen molar-refractivity contribution in [2.45, 2.75) is 32.3 Å². The minimum absolute atomic E-state index is 0.105. The molecule has 2 unspecified atom stereocenters. The summed E-state index contributed by atoms with van der Waals surface area (Å²) in [4.78, 5) is 0. The molecule has 0 aromatic carbocycles. The predicted octanol–water partition coefficient (Wildman–Crippen LogP) is 1.14. The summed E-state index contributed by atoms with van der Waals surface area (Å²) in [6, 6.07) is 0. The van der Waals surface area contributed by atoms with Crippen molar-refractivity contribution in [3.05, 3.63) is 0 Å². The summed E-state index contributed by atoms with van der Waals surface area (Å²) in [6.45, 7) is 4.47. The van der Waals surface area contributed by atoms with Crippen molar-refractivity contribution in [2.24, 2.45) is 11.7 Å². The van der Waals surface area contributed by atoms with Crippen LogP contribution in [0, 0.1) is 11.3 Å². The highest BCUT2D eigenvalue weighted by Gasteiger charge is 2.17. The van der Waals surface area contributed by atoms with Gasteiger partial charge in [-0.3, -0.25) is 5.41 Å². The SMILES string of the molecule is CCC(CC(=N)N)OCC1CCOC1. The van der Waals surface area contributed by atoms with Crippen LogP contribution in [0.1, 0.15) is 26.2 Å². The first-order valence-electron chi connectivity index (χ1n) is 5.24. The molecule has 4 heteroatoms. The molecule has 0 saturated carbocycles. The summed E-state index contributed by atoms with van der Waals surface area (Å²) in [5, 5.41) is 7.19. The molecule has 1 heterocycles. The summed E-state index contributed by atoms with van der Waals surface area (Å²) < 4.78 is 10.9. The molecule has 3 N–H and O–H groups in total. The van der Waals surface area contributed by atoms with Crippen LogP contribution in [0.3, 0.4) is 0 Å². The molecule has 0 aromatic rings. The Hall–Kier alpha value is -0.610. The highest BCUT2D eigenvalue weighted by Crippen LogP contribution is 2.14. The lowest BCUT2D eigenvalue weighted by atomic mass is 10.1. The van der Waals surface area contributed by atoms with E-state index in [1.54, 1.807) is 0 Å². The fourth-order valence-electron chi connectivity index (χ4n) is 1.55. The molecule has 1 aliphatic rings. The van der Waals surface area contributed by atoms with Gasteiger partial charge in [0.1, 0.15) is 0 Å². The van der Waals surface area contributed by atoms with Gasteiger partial charge in [0.2, 0.25) is 0 Å². The Morgan fingerprint density at radius 3 is 3.00 bits per heavy atom. The van der Waals surface area contributed by atoms with E-state index >= 15 is 0 Å². The summed E-state index contributed by atoms with van der Waals surface area (Å²) in [5.41, 5.74) is 5.33. The molecular weight excluding hydrogens is 180 g/mol. The van der Waals surface area contributed by atoms with Gasteiger partial charge in [-0.05, 0) is 12.8 Å². The van der Waals surface area contributed by atoms with Crippen LogP contribution < -0.4 is 5.73 Å². The van der Waals surface area contributed by atoms with Gasteiger partial charge in [0.25, 0.3) is 0 Å². The lowest BCUT2D eigenvalue weighted by Gasteiger charge is -2.17. The van der Waals surface area contributed by atoms with E-state index < -0.39 is 0 Å². The van der Waals surface area contributed by atoms with Crippen molar-refractivity contribution < 1.29 is 9.47 Å². The molecule has 1 aliphatic heterocycles. The van der Waals surface area contributed by atoms with Gasteiger partial charge < -0.3 is 15.2 Å². The maximum Gasteiger partial charge on any atom is 0.0931 e. The summed E-state index contributed by atoms with van der Waals surface area (Å²) in [5.74, 6) is 0.746. The van der Waals surface area contributed by atoms with E-state index in [4.69, 9.17) is 20.6 Å². The van der Waals surface area contributed by atoms with Gasteiger partial charge in [0.05, 0.1) is 25.2 Å². The monoisotopic (exact) mass is 200 g/mol. The zero-order valence-corrected chi connectivity index (χ0v) is 8.79. The summed E-state index contributed by atoms with van der Waals surface area (Å²) in [6.07, 6.45) is 2.65. The molecule has 0 amide bonds. The predicted molar refractivity (Wildman–Crippen MR) is 55.5 cm³/mol. The Morgan fingerprint density at radius 2 is 2.50 bits per heavy atom. The number of hydrogen-bond donors (Lipinski definition) is 2. The van der Waals surface area contributed by atoms with Crippen LogP contribution in [0.4, 0.5) is 0 Å². The number of amidine groups is 1. The van der Waals surface area contributed by atoms with Crippen LogP contribution in [-0.2, 0) is 9.47 Å². The Balaban J connectivity index is 2.15. The fraction of sp³-hybridized carbons (Fsp3) is 0.900. The van der Waals surface area contributed by atoms with Crippen LogP contribution in [-0.4, -0.2) is 31.8 Å². The van der Waals surface area contributed by atoms with Gasteiger partial charge in [-0.25, -0.2) is 0 Å². The zero-order valence-electron chi connectivity index (χ0n) is 8.79. The molecule has 1 saturated heterocycles. The van der Waals surface area contributed by atoms with Crippen LogP contribution in [0.2, 0.25) is 0 Å². The highest BCUT2D eigenvalue weighted by atomic mass is 16.5. The number of nitrogens with two attached hydrogens (primary N) is 1. The Bertz CT molecular complexity index is 179. The van der Waals surface area contributed by atoms with Gasteiger partial charge in [0.15, 0.2) is 0 Å². The summed E-state index contributed by atoms with van der Waals surface area (Å²) >= 11 is 0. The minimum Gasteiger partial charge on any atom is -0.388 e. The number of nitrogens with one attached hydrogen (secondary N) is 1. The highest BCUT2D eigenvalue weighted by molar-refractivity contribution is 5.77. The van der Waals surface area contributed by atoms with E-state index in [9.17, 15) is 0 Å². The van der Waals surface area contributed by atoms with E-state index in [2.05, 4.69) is 6.92 Å². The normalized spacial score (nSPS) is 23.6. The fourth-order valence-corrected chi connectivity index (χ4v) is 1.55. The third kappa shape index (κ3) is 4.07. The van der Waals surface area contributed by atoms with Crippen LogP contribution in [0.25, 0.3) is 0 Å². The van der Waals surface area contributed by atoms with Crippen molar-refractivity contribution in [2.75, 3.05) is 19.8 Å². The maximum absolute atomic E-state index is 7.19. The lowest BCUT2D eigenvalue weighted by molar-refractivity contribution is 0.0281. The average molecular weight is 200 g/mol. The lowest BCUT2D eigenvalue weighted by Crippen LogP contribution is -2.24. The van der Waals surface area contributed by atoms with Crippen LogP contribution >= 0.6 is 0 Å². The van der Waals surface area contributed by atoms with E-state index in [1.807, 2.05) is 0 Å². The van der Waals surface area contributed by atoms with Crippen molar-refractivity contribution >= 4 is 5.84 Å². The van der Waals surface area contributed by atoms with E-state index in [0.29, 0.717) is 12.3 Å². The molecule has 1 fully saturated rings. The minimum atomic E-state index is 0.105. The molecule has 4 nitrogen and oxygen atoms in total. The molecule has 0 spiro atoms. The van der Waals surface area contributed by atoms with Crippen molar-refractivity contribution in [3.63, 3.8) is 0 Å². The number of hydrogen-bond acceptors (Lipinski definition) is 3. The molecule has 0 bridgehead atoms. The second kappa shape index (κ2) is 5.98. The maximum atomic E-state index is 7.19. The van der Waals surface area contributed by atoms with Crippen LogP contribution in [0.5, 0.6) is 0 Å². The van der Waals surface area contributed by atoms with Gasteiger partial charge in [-0.15, -0.1) is 0 Å². The zero-order chi connectivity index (χ0) is 10.4. The van der Waals surface area contributed by atoms with Gasteiger partial charge in [0, 0.05) is 18.9 Å². The Kier molecular flexibility index (Phi) is 4.90. The molecule has 14 heavy (non-hydrogen) atoms. The van der Waals surface area contributed by atoms with Crippen molar-refractivity contribution in [1.82, 2.24) is 0 Å². The molecule has 2 atom stereocenters. The topological polar surface area (TPSA) is 68.3 Å². The number of rotatable bonds is 6. The van der Waals surface area contributed by atoms with Crippen molar-refractivity contribution in [1.29, 1.82) is 5.41 Å². The molecule has 0 radical (unpaired) electrons. The first-order valence-corrected chi connectivity index (χ1v) is 5.24. The van der Waals surface area contributed by atoms with E-state index in [-0.39, 0.29) is 11.9 Å². The molecular formula is C10H20N2O2. The van der Waals surface area contributed by atoms with Gasteiger partial charge in [-0.2, -0.15) is 0 Å². The molecule has 0 aliphatic carbocycles. The molecule has 1 rings (SSSR count). The van der Waals surface area contributed by atoms with Gasteiger partial charge in [-0.1, -0.05) is 6.92 Å². The smallest absolute Gasteiger partial charge is 0.0931 e. The standard InChI is InChI=1S/C10H20N2O2/c1-2-9(5-10(11)12)14-7-8-3-4-13-6-8/h8-9H,2-7H2,1H3,(H3,11,12). The third-order valence-corrected chi connectivity index (χ3v) is 2.49. The summed E-state index contributed by atoms with van der Waals surface area (Å²) in [7, 11) is 0. The van der Waals surface area contributed by atoms with E-state index in [0.717, 1.165) is 32.7 Å². The second-order valence-corrected chi connectivity index (χ2v) is 3.82. The average Bonchev–Trinajstić information content (AvgIpc) is 2.64. The first-order chi connectivity index (χ1) is 6.72. The number of ether oxygens (including phenoxy) is 2. The largest absolute Gasteiger partial charge is 0.388 e. The van der Waals surface area contributed by atoms with Crippen molar-refractivity contribution in [3.8, 4) is 0 Å². The molecule has 0 aromatic heterocycles. The Morgan fingerprint density at radius 1 is 1.71 bits per heavy atom. The third-order valence-electron chi connectivity index (χ3n) is 2.49. The van der Waals surface area contributed by atoms with Crippen LogP contribution in [0.15, 0.2) is 0 Å². The second-order valence-electron chi connectivity index (χ2n) is 3.82.